The number of quaternary nitrogens is 1. The first-order chi connectivity index (χ1) is 14.3. The molecule has 0 heterocycles. The van der Waals surface area contributed by atoms with Crippen LogP contribution in [0.15, 0.2) is 0 Å². The molecule has 186 valence electrons. The van der Waals surface area contributed by atoms with Crippen molar-refractivity contribution in [2.24, 2.45) is 0 Å². The molecular weight excluding hydrogens is 422 g/mol. The maximum absolute atomic E-state index is 12.0. The number of ether oxygens (including phenoxy) is 2. The van der Waals surface area contributed by atoms with E-state index < -0.39 is 33.7 Å². The molecule has 1 atom stereocenters. The van der Waals surface area contributed by atoms with Gasteiger partial charge in [0.1, 0.15) is 0 Å². The lowest BCUT2D eigenvalue weighted by Gasteiger charge is -2.13. The van der Waals surface area contributed by atoms with Crippen LogP contribution in [0, 0.1) is 0 Å². The summed E-state index contributed by atoms with van der Waals surface area (Å²) in [4.78, 5) is 23.9. The Morgan fingerprint density at radius 1 is 0.710 bits per heavy atom. The number of rotatable bonds is 20. The van der Waals surface area contributed by atoms with Gasteiger partial charge in [-0.1, -0.05) is 90.9 Å². The van der Waals surface area contributed by atoms with E-state index in [-0.39, 0.29) is 19.4 Å². The summed E-state index contributed by atoms with van der Waals surface area (Å²) >= 11 is 0. The average molecular weight is 469 g/mol. The molecule has 5 N–H and O–H groups in total. The van der Waals surface area contributed by atoms with Crippen LogP contribution in [0.3, 0.4) is 0 Å². The zero-order valence-electron chi connectivity index (χ0n) is 19.9. The smallest absolute Gasteiger partial charge is 0.327 e. The van der Waals surface area contributed by atoms with Crippen LogP contribution in [0.1, 0.15) is 110 Å². The normalized spacial score (nSPS) is 12.1. The van der Waals surface area contributed by atoms with Crippen molar-refractivity contribution in [2.75, 3.05) is 13.2 Å². The lowest BCUT2D eigenvalue weighted by Crippen LogP contribution is -2.34. The summed E-state index contributed by atoms with van der Waals surface area (Å²) in [6.07, 6.45) is 14.0. The highest BCUT2D eigenvalue weighted by atomic mass is 32.2. The zero-order chi connectivity index (χ0) is 22.7. The molecule has 8 nitrogen and oxygen atoms in total. The van der Waals surface area contributed by atoms with E-state index in [1.165, 1.54) is 38.5 Å². The minimum atomic E-state index is -4.74. The first-order valence-electron chi connectivity index (χ1n) is 11.6. The standard InChI is InChI=1S/C22H42O7S.H3N/c1-3-5-7-9-11-13-15-17-28-21(23)19-20(30(25,26)27)22(24)29-18-16-14-12-10-8-6-4-2;/h20H,3-19H2,1-2H3,(H,25,26,27);1H3/p+1. The second-order valence-corrected chi connectivity index (χ2v) is 9.44. The topological polar surface area (TPSA) is 143 Å². The van der Waals surface area contributed by atoms with E-state index >= 15 is 0 Å². The summed E-state index contributed by atoms with van der Waals surface area (Å²) < 4.78 is 42.3. The number of unbranched alkanes of at least 4 members (excludes halogenated alkanes) is 12. The molecule has 0 saturated heterocycles. The molecular formula is C22H46NO7S+. The van der Waals surface area contributed by atoms with Gasteiger partial charge in [-0.05, 0) is 12.8 Å². The quantitative estimate of drug-likeness (QED) is 0.134. The van der Waals surface area contributed by atoms with Crippen molar-refractivity contribution in [3.8, 4) is 0 Å². The molecule has 0 bridgehead atoms. The van der Waals surface area contributed by atoms with Crippen LogP contribution in [0.2, 0.25) is 0 Å². The third-order valence-corrected chi connectivity index (χ3v) is 6.06. The van der Waals surface area contributed by atoms with E-state index in [1.54, 1.807) is 0 Å². The van der Waals surface area contributed by atoms with E-state index in [9.17, 15) is 22.6 Å². The van der Waals surface area contributed by atoms with Gasteiger partial charge in [0.2, 0.25) is 0 Å². The lowest BCUT2D eigenvalue weighted by atomic mass is 10.1. The average Bonchev–Trinajstić information content (AvgIpc) is 2.69. The summed E-state index contributed by atoms with van der Waals surface area (Å²) in [6.45, 7) is 4.56. The molecule has 0 aliphatic carbocycles. The predicted molar refractivity (Wildman–Crippen MR) is 124 cm³/mol. The van der Waals surface area contributed by atoms with Crippen molar-refractivity contribution >= 4 is 22.1 Å². The zero-order valence-corrected chi connectivity index (χ0v) is 20.7. The SMILES string of the molecule is CCCCCCCCCOC(=O)CC(C(=O)OCCCCCCCCC)S(=O)(=O)O.[NH4+]. The Morgan fingerprint density at radius 3 is 1.52 bits per heavy atom. The largest absolute Gasteiger partial charge is 0.466 e. The molecule has 0 aromatic heterocycles. The first-order valence-corrected chi connectivity index (χ1v) is 13.1. The molecule has 0 radical (unpaired) electrons. The van der Waals surface area contributed by atoms with Crippen LogP contribution < -0.4 is 6.15 Å². The summed E-state index contributed by atoms with van der Waals surface area (Å²) in [5.74, 6) is -1.92. The Hall–Kier alpha value is -1.19. The molecule has 31 heavy (non-hydrogen) atoms. The lowest BCUT2D eigenvalue weighted by molar-refractivity contribution is -0.150. The number of carbonyl (C=O) groups excluding carboxylic acids is 2. The van der Waals surface area contributed by atoms with Crippen LogP contribution in [0.5, 0.6) is 0 Å². The van der Waals surface area contributed by atoms with Crippen LogP contribution in [-0.4, -0.2) is 43.4 Å². The van der Waals surface area contributed by atoms with Gasteiger partial charge in [0, 0.05) is 0 Å². The minimum Gasteiger partial charge on any atom is -0.466 e. The maximum atomic E-state index is 12.0. The summed E-state index contributed by atoms with van der Waals surface area (Å²) in [6, 6.07) is 0. The molecule has 0 fully saturated rings. The van der Waals surface area contributed by atoms with Crippen LogP contribution in [0.25, 0.3) is 0 Å². The van der Waals surface area contributed by atoms with Gasteiger partial charge in [-0.2, -0.15) is 8.42 Å². The van der Waals surface area contributed by atoms with E-state index in [0.717, 1.165) is 38.5 Å². The first kappa shape index (κ1) is 32.0. The molecule has 0 aliphatic heterocycles. The van der Waals surface area contributed by atoms with Crippen molar-refractivity contribution in [3.05, 3.63) is 0 Å². The van der Waals surface area contributed by atoms with Crippen molar-refractivity contribution in [1.29, 1.82) is 0 Å². The number of carbonyl (C=O) groups is 2. The molecule has 1 unspecified atom stereocenters. The van der Waals surface area contributed by atoms with Gasteiger partial charge in [0.15, 0.2) is 5.25 Å². The van der Waals surface area contributed by atoms with E-state index in [1.807, 2.05) is 0 Å². The third-order valence-electron chi connectivity index (χ3n) is 4.98. The monoisotopic (exact) mass is 468 g/mol. The molecule has 0 aromatic carbocycles. The van der Waals surface area contributed by atoms with Crippen molar-refractivity contribution in [3.63, 3.8) is 0 Å². The Balaban J connectivity index is 0. The van der Waals surface area contributed by atoms with Gasteiger partial charge in [-0.15, -0.1) is 0 Å². The molecule has 9 heteroatoms. The molecule has 0 aliphatic rings. The third kappa shape index (κ3) is 19.2. The highest BCUT2D eigenvalue weighted by molar-refractivity contribution is 7.87. The van der Waals surface area contributed by atoms with Crippen molar-refractivity contribution < 1.29 is 32.0 Å². The summed E-state index contributed by atoms with van der Waals surface area (Å²) in [5.41, 5.74) is 0. The molecule has 0 amide bonds. The Kier molecular flexibility index (Phi) is 21.4. The minimum absolute atomic E-state index is 0. The predicted octanol–water partition coefficient (Wildman–Crippen LogP) is 5.60. The van der Waals surface area contributed by atoms with E-state index in [4.69, 9.17) is 9.47 Å². The van der Waals surface area contributed by atoms with Crippen molar-refractivity contribution in [1.82, 2.24) is 6.15 Å². The molecule has 0 spiro atoms. The molecule has 0 aromatic rings. The Labute approximate surface area is 189 Å². The van der Waals surface area contributed by atoms with Crippen LogP contribution in [0.4, 0.5) is 0 Å². The fourth-order valence-electron chi connectivity index (χ4n) is 3.09. The summed E-state index contributed by atoms with van der Waals surface area (Å²) in [5, 5.41) is -1.93. The van der Waals surface area contributed by atoms with Gasteiger partial charge < -0.3 is 15.6 Å². The van der Waals surface area contributed by atoms with Gasteiger partial charge in [0.05, 0.1) is 19.6 Å². The number of hydrogen-bond donors (Lipinski definition) is 2. The van der Waals surface area contributed by atoms with E-state index in [0.29, 0.717) is 12.8 Å². The van der Waals surface area contributed by atoms with Gasteiger partial charge in [-0.3, -0.25) is 14.1 Å². The van der Waals surface area contributed by atoms with Crippen LogP contribution in [-0.2, 0) is 29.2 Å². The van der Waals surface area contributed by atoms with Gasteiger partial charge >= 0.3 is 11.9 Å². The van der Waals surface area contributed by atoms with E-state index in [2.05, 4.69) is 13.8 Å². The number of esters is 2. The second kappa shape index (κ2) is 20.7. The second-order valence-electron chi connectivity index (χ2n) is 7.84. The number of hydrogen-bond acceptors (Lipinski definition) is 6. The Morgan fingerprint density at radius 2 is 1.10 bits per heavy atom. The fourth-order valence-corrected chi connectivity index (χ4v) is 3.75. The van der Waals surface area contributed by atoms with Crippen LogP contribution >= 0.6 is 0 Å². The molecule has 0 saturated carbocycles. The highest BCUT2D eigenvalue weighted by Gasteiger charge is 2.35. The maximum Gasteiger partial charge on any atom is 0.327 e. The fraction of sp³-hybridized carbons (Fsp3) is 0.909. The van der Waals surface area contributed by atoms with Gasteiger partial charge in [0.25, 0.3) is 10.1 Å². The van der Waals surface area contributed by atoms with Crippen molar-refractivity contribution in [2.45, 2.75) is 115 Å². The Bertz CT molecular complexity index is 552. The highest BCUT2D eigenvalue weighted by Crippen LogP contribution is 2.12. The molecule has 0 rings (SSSR count). The summed E-state index contributed by atoms with van der Waals surface area (Å²) in [7, 11) is -4.74. The van der Waals surface area contributed by atoms with Gasteiger partial charge in [-0.25, -0.2) is 0 Å².